The van der Waals surface area contributed by atoms with Gasteiger partial charge in [-0.15, -0.1) is 0 Å². The van der Waals surface area contributed by atoms with Crippen molar-refractivity contribution in [1.82, 2.24) is 10.2 Å². The van der Waals surface area contributed by atoms with Crippen LogP contribution in [0, 0.1) is 0 Å². The van der Waals surface area contributed by atoms with Gasteiger partial charge in [-0.25, -0.2) is 4.79 Å². The van der Waals surface area contributed by atoms with Crippen molar-refractivity contribution in [2.45, 2.75) is 38.4 Å². The van der Waals surface area contributed by atoms with Crippen LogP contribution in [-0.4, -0.2) is 55.9 Å². The molecule has 17 heavy (non-hydrogen) atoms. The van der Waals surface area contributed by atoms with E-state index in [4.69, 9.17) is 14.2 Å². The Morgan fingerprint density at radius 1 is 1.53 bits per heavy atom. The lowest BCUT2D eigenvalue weighted by Gasteiger charge is -2.24. The first-order valence-electron chi connectivity index (χ1n) is 5.94. The Morgan fingerprint density at radius 2 is 2.29 bits per heavy atom. The molecule has 0 aromatic rings. The van der Waals surface area contributed by atoms with E-state index in [0.29, 0.717) is 0 Å². The molecule has 2 atom stereocenters. The third-order valence-electron chi connectivity index (χ3n) is 3.08. The fraction of sp³-hybridized carbons (Fsp3) is 0.909. The Bertz CT molecular complexity index is 289. The predicted molar refractivity (Wildman–Crippen MR) is 60.4 cm³/mol. The van der Waals surface area contributed by atoms with Crippen molar-refractivity contribution in [2.75, 3.05) is 26.7 Å². The summed E-state index contributed by atoms with van der Waals surface area (Å²) in [4.78, 5) is 13.5. The number of ether oxygens (including phenoxy) is 3. The molecule has 0 spiro atoms. The number of nitrogens with zero attached hydrogens (tertiary/aromatic N) is 1. The second kappa shape index (κ2) is 4.80. The van der Waals surface area contributed by atoms with Crippen molar-refractivity contribution in [3.63, 3.8) is 0 Å². The second-order valence-corrected chi connectivity index (χ2v) is 4.90. The molecular formula is C11H20N2O4. The molecule has 2 saturated heterocycles. The normalized spacial score (nSPS) is 31.5. The van der Waals surface area contributed by atoms with Gasteiger partial charge in [0.15, 0.2) is 5.79 Å². The number of hydrogen-bond acceptors (Lipinski definition) is 5. The Hall–Kier alpha value is -0.850. The number of nitrogens with one attached hydrogen (secondary N) is 1. The molecule has 0 aromatic heterocycles. The fourth-order valence-corrected chi connectivity index (χ4v) is 2.03. The number of amides is 1. The zero-order chi connectivity index (χ0) is 12.5. The van der Waals surface area contributed by atoms with Gasteiger partial charge in [-0.2, -0.15) is 0 Å². The number of likely N-dealkylation sites (N-methyl/N-ethyl adjacent to an activating group) is 1. The molecular weight excluding hydrogens is 224 g/mol. The summed E-state index contributed by atoms with van der Waals surface area (Å²) in [6.07, 6.45) is -0.00151. The van der Waals surface area contributed by atoms with Crippen molar-refractivity contribution >= 4 is 6.09 Å². The van der Waals surface area contributed by atoms with E-state index in [2.05, 4.69) is 5.32 Å². The first kappa shape index (κ1) is 12.6. The Balaban J connectivity index is 1.80. The minimum Gasteiger partial charge on any atom is -0.417 e. The minimum atomic E-state index is -0.668. The zero-order valence-corrected chi connectivity index (χ0v) is 10.6. The van der Waals surface area contributed by atoms with Crippen LogP contribution >= 0.6 is 0 Å². The molecule has 98 valence electrons. The maximum Gasteiger partial charge on any atom is 0.412 e. The molecule has 0 bridgehead atoms. The molecule has 2 aliphatic heterocycles. The van der Waals surface area contributed by atoms with Gasteiger partial charge in [0.1, 0.15) is 6.61 Å². The summed E-state index contributed by atoms with van der Waals surface area (Å²) in [5.41, 5.74) is 0. The van der Waals surface area contributed by atoms with Crippen molar-refractivity contribution in [3.8, 4) is 0 Å². The molecule has 0 radical (unpaired) electrons. The smallest absolute Gasteiger partial charge is 0.412 e. The van der Waals surface area contributed by atoms with E-state index < -0.39 is 12.1 Å². The quantitative estimate of drug-likeness (QED) is 0.767. The van der Waals surface area contributed by atoms with Crippen LogP contribution in [0.4, 0.5) is 4.79 Å². The van der Waals surface area contributed by atoms with E-state index in [1.165, 1.54) is 0 Å². The highest BCUT2D eigenvalue weighted by atomic mass is 16.8. The first-order chi connectivity index (χ1) is 7.98. The highest BCUT2D eigenvalue weighted by Gasteiger charge is 2.36. The van der Waals surface area contributed by atoms with Crippen LogP contribution in [0.5, 0.6) is 0 Å². The molecule has 6 heteroatoms. The number of carbonyl (C=O) groups is 1. The van der Waals surface area contributed by atoms with E-state index in [0.717, 1.165) is 19.5 Å². The van der Waals surface area contributed by atoms with E-state index in [1.807, 2.05) is 0 Å². The summed E-state index contributed by atoms with van der Waals surface area (Å²) >= 11 is 0. The van der Waals surface area contributed by atoms with Gasteiger partial charge in [-0.05, 0) is 26.8 Å². The summed E-state index contributed by atoms with van der Waals surface area (Å²) in [5.74, 6) is -0.668. The predicted octanol–water partition coefficient (Wildman–Crippen LogP) is 0.526. The maximum absolute atomic E-state index is 11.8. The molecule has 2 rings (SSSR count). The van der Waals surface area contributed by atoms with Gasteiger partial charge < -0.3 is 24.4 Å². The van der Waals surface area contributed by atoms with Crippen molar-refractivity contribution in [3.05, 3.63) is 0 Å². The SMILES string of the molecule is CN(C(=O)O[C@H]1COC(C)(C)O1)[C@H]1CCNC1. The van der Waals surface area contributed by atoms with Crippen LogP contribution in [0.2, 0.25) is 0 Å². The van der Waals surface area contributed by atoms with Crippen LogP contribution in [0.25, 0.3) is 0 Å². The van der Waals surface area contributed by atoms with Crippen LogP contribution in [0.3, 0.4) is 0 Å². The fourth-order valence-electron chi connectivity index (χ4n) is 2.03. The largest absolute Gasteiger partial charge is 0.417 e. The topological polar surface area (TPSA) is 60.0 Å². The molecule has 0 aromatic carbocycles. The van der Waals surface area contributed by atoms with Gasteiger partial charge in [-0.1, -0.05) is 0 Å². The highest BCUT2D eigenvalue weighted by molar-refractivity contribution is 5.67. The van der Waals surface area contributed by atoms with Gasteiger partial charge in [-0.3, -0.25) is 0 Å². The molecule has 0 unspecified atom stereocenters. The van der Waals surface area contributed by atoms with Gasteiger partial charge >= 0.3 is 6.09 Å². The standard InChI is InChI=1S/C11H20N2O4/c1-11(2)15-7-9(17-11)16-10(14)13(3)8-4-5-12-6-8/h8-9,12H,4-7H2,1-3H3/t8-,9+/m0/s1. The molecule has 0 saturated carbocycles. The average Bonchev–Trinajstić information content (AvgIpc) is 2.86. The third kappa shape index (κ3) is 3.08. The monoisotopic (exact) mass is 244 g/mol. The zero-order valence-electron chi connectivity index (χ0n) is 10.6. The molecule has 2 fully saturated rings. The Labute approximate surface area is 101 Å². The molecule has 0 aliphatic carbocycles. The van der Waals surface area contributed by atoms with Gasteiger partial charge in [0.25, 0.3) is 0 Å². The summed E-state index contributed by atoms with van der Waals surface area (Å²) in [5, 5.41) is 3.21. The second-order valence-electron chi connectivity index (χ2n) is 4.90. The first-order valence-corrected chi connectivity index (χ1v) is 5.94. The van der Waals surface area contributed by atoms with Crippen LogP contribution in [0.15, 0.2) is 0 Å². The van der Waals surface area contributed by atoms with Crippen LogP contribution in [-0.2, 0) is 14.2 Å². The lowest BCUT2D eigenvalue weighted by atomic mass is 10.2. The van der Waals surface area contributed by atoms with Crippen LogP contribution in [0.1, 0.15) is 20.3 Å². The summed E-state index contributed by atoms with van der Waals surface area (Å²) in [6, 6.07) is 0.206. The third-order valence-corrected chi connectivity index (χ3v) is 3.08. The lowest BCUT2D eigenvalue weighted by molar-refractivity contribution is -0.176. The molecule has 1 N–H and O–H groups in total. The Morgan fingerprint density at radius 3 is 2.82 bits per heavy atom. The van der Waals surface area contributed by atoms with Crippen molar-refractivity contribution in [2.24, 2.45) is 0 Å². The average molecular weight is 244 g/mol. The summed E-state index contributed by atoms with van der Waals surface area (Å²) in [7, 11) is 1.75. The summed E-state index contributed by atoms with van der Waals surface area (Å²) < 4.78 is 16.0. The van der Waals surface area contributed by atoms with E-state index in [1.54, 1.807) is 25.8 Å². The summed E-state index contributed by atoms with van der Waals surface area (Å²) in [6.45, 7) is 5.64. The maximum atomic E-state index is 11.8. The molecule has 2 heterocycles. The minimum absolute atomic E-state index is 0.206. The van der Waals surface area contributed by atoms with Gasteiger partial charge in [0.2, 0.25) is 6.29 Å². The number of carbonyl (C=O) groups excluding carboxylic acids is 1. The molecule has 1 amide bonds. The van der Waals surface area contributed by atoms with Crippen molar-refractivity contribution in [1.29, 1.82) is 0 Å². The van der Waals surface area contributed by atoms with Crippen LogP contribution < -0.4 is 5.32 Å². The van der Waals surface area contributed by atoms with E-state index in [-0.39, 0.29) is 18.7 Å². The highest BCUT2D eigenvalue weighted by Crippen LogP contribution is 2.23. The molecule has 2 aliphatic rings. The van der Waals surface area contributed by atoms with E-state index >= 15 is 0 Å². The lowest BCUT2D eigenvalue weighted by Crippen LogP contribution is -2.40. The number of rotatable bonds is 2. The van der Waals surface area contributed by atoms with E-state index in [9.17, 15) is 4.79 Å². The Kier molecular flexibility index (Phi) is 3.56. The van der Waals surface area contributed by atoms with Gasteiger partial charge in [0, 0.05) is 19.6 Å². The van der Waals surface area contributed by atoms with Gasteiger partial charge in [0.05, 0.1) is 0 Å². The van der Waals surface area contributed by atoms with Crippen molar-refractivity contribution < 1.29 is 19.0 Å². The molecule has 6 nitrogen and oxygen atoms in total. The number of hydrogen-bond donors (Lipinski definition) is 1.